The smallest absolute Gasteiger partial charge is 0.251 e. The molecule has 3 N–H and O–H groups in total. The van der Waals surface area contributed by atoms with Gasteiger partial charge >= 0.3 is 0 Å². The molecule has 1 spiro atoms. The summed E-state index contributed by atoms with van der Waals surface area (Å²) in [6, 6.07) is 4.31. The number of benzene rings is 1. The first-order chi connectivity index (χ1) is 20.3. The maximum atomic E-state index is 13.8. The van der Waals surface area contributed by atoms with E-state index in [1.165, 1.54) is 6.42 Å². The van der Waals surface area contributed by atoms with Gasteiger partial charge in [-0.1, -0.05) is 32.6 Å². The quantitative estimate of drug-likeness (QED) is 0.304. The predicted molar refractivity (Wildman–Crippen MR) is 161 cm³/mol. The van der Waals surface area contributed by atoms with E-state index in [1.807, 2.05) is 4.90 Å². The minimum absolute atomic E-state index is 0.0731. The van der Waals surface area contributed by atoms with Crippen molar-refractivity contribution in [1.29, 1.82) is 0 Å². The fourth-order valence-corrected chi connectivity index (χ4v) is 6.79. The lowest BCUT2D eigenvalue weighted by molar-refractivity contribution is -0.165. The highest BCUT2D eigenvalue weighted by Crippen LogP contribution is 2.36. The Morgan fingerprint density at radius 1 is 1.10 bits per heavy atom. The molecule has 1 aliphatic carbocycles. The zero-order chi connectivity index (χ0) is 30.1. The van der Waals surface area contributed by atoms with Crippen LogP contribution in [0.1, 0.15) is 87.9 Å². The lowest BCUT2D eigenvalue weighted by atomic mass is 9.78. The molecular formula is C32H50N4O6. The molecule has 1 aromatic rings. The van der Waals surface area contributed by atoms with Gasteiger partial charge in [-0.25, -0.2) is 0 Å². The van der Waals surface area contributed by atoms with Crippen LogP contribution >= 0.6 is 0 Å². The summed E-state index contributed by atoms with van der Waals surface area (Å²) in [6.45, 7) is 5.56. The van der Waals surface area contributed by atoms with E-state index in [-0.39, 0.29) is 23.6 Å². The van der Waals surface area contributed by atoms with E-state index in [0.29, 0.717) is 43.1 Å². The molecule has 1 saturated carbocycles. The van der Waals surface area contributed by atoms with Gasteiger partial charge in [0.1, 0.15) is 11.6 Å². The normalized spacial score (nSPS) is 22.1. The lowest BCUT2D eigenvalue weighted by Crippen LogP contribution is -2.75. The zero-order valence-electron chi connectivity index (χ0n) is 25.7. The van der Waals surface area contributed by atoms with E-state index in [2.05, 4.69) is 22.5 Å². The van der Waals surface area contributed by atoms with Gasteiger partial charge in [0.05, 0.1) is 19.8 Å². The number of unbranched alkanes of at least 4 members (excludes halogenated alkanes) is 2. The van der Waals surface area contributed by atoms with Gasteiger partial charge in [-0.2, -0.15) is 0 Å². The highest BCUT2D eigenvalue weighted by molar-refractivity contribution is 6.00. The summed E-state index contributed by atoms with van der Waals surface area (Å²) < 4.78 is 11.3. The molecule has 3 amide bonds. The predicted octanol–water partition coefficient (Wildman–Crippen LogP) is 3.12. The Kier molecular flexibility index (Phi) is 11.5. The molecule has 2 saturated heterocycles. The summed E-state index contributed by atoms with van der Waals surface area (Å²) in [5.41, 5.74) is -0.312. The standard InChI is InChI=1S/C32H50N4O6/c1-4-5-18-36-30(39)27(28(37)23-11-7-6-8-12-23)34-31(40)32(36)15-19-35(20-16-32)17-9-10-21-42-25-14-13-24(29(38)33-2)22-26(25)41-3/h13-14,22-23,27-28,37H,4-12,15-21H2,1-3H3,(H,33,38)(H,34,40)/t27-,28-/m1/s1. The molecule has 0 bridgehead atoms. The van der Waals surface area contributed by atoms with Crippen molar-refractivity contribution >= 4 is 17.7 Å². The fraction of sp³-hybridized carbons (Fsp3) is 0.719. The number of piperidine rings is 1. The van der Waals surface area contributed by atoms with Crippen LogP contribution in [0.15, 0.2) is 18.2 Å². The van der Waals surface area contributed by atoms with Crippen LogP contribution in [0.2, 0.25) is 0 Å². The summed E-state index contributed by atoms with van der Waals surface area (Å²) in [7, 11) is 3.15. The molecule has 2 atom stereocenters. The first kappa shape index (κ1) is 32.1. The number of likely N-dealkylation sites (tertiary alicyclic amines) is 1. The third-order valence-electron chi connectivity index (χ3n) is 9.43. The van der Waals surface area contributed by atoms with Crippen molar-refractivity contribution < 1.29 is 29.0 Å². The molecule has 3 aliphatic rings. The van der Waals surface area contributed by atoms with Gasteiger partial charge in [-0.3, -0.25) is 14.4 Å². The Hall–Kier alpha value is -2.85. The monoisotopic (exact) mass is 586 g/mol. The van der Waals surface area contributed by atoms with Crippen molar-refractivity contribution in [3.05, 3.63) is 23.8 Å². The molecule has 0 aromatic heterocycles. The molecule has 10 heteroatoms. The summed E-state index contributed by atoms with van der Waals surface area (Å²) in [6.07, 6.45) is 9.10. The number of nitrogens with one attached hydrogen (secondary N) is 2. The van der Waals surface area contributed by atoms with Gasteiger partial charge in [0, 0.05) is 32.2 Å². The number of hydrogen-bond acceptors (Lipinski definition) is 7. The van der Waals surface area contributed by atoms with E-state index < -0.39 is 17.7 Å². The van der Waals surface area contributed by atoms with Crippen LogP contribution in [-0.4, -0.2) is 97.3 Å². The number of nitrogens with zero attached hydrogens (tertiary/aromatic N) is 2. The number of aliphatic hydroxyl groups is 1. The molecule has 1 aromatic carbocycles. The number of carbonyl (C=O) groups excluding carboxylic acids is 3. The summed E-state index contributed by atoms with van der Waals surface area (Å²) >= 11 is 0. The molecular weight excluding hydrogens is 536 g/mol. The average molecular weight is 587 g/mol. The molecule has 234 valence electrons. The van der Waals surface area contributed by atoms with Gasteiger partial charge in [0.15, 0.2) is 11.5 Å². The number of methoxy groups -OCH3 is 1. The topological polar surface area (TPSA) is 120 Å². The summed E-state index contributed by atoms with van der Waals surface area (Å²) in [5, 5.41) is 16.7. The molecule has 10 nitrogen and oxygen atoms in total. The van der Waals surface area contributed by atoms with Crippen LogP contribution < -0.4 is 20.1 Å². The molecule has 42 heavy (non-hydrogen) atoms. The van der Waals surface area contributed by atoms with Crippen molar-refractivity contribution in [3.8, 4) is 11.5 Å². The number of aliphatic hydroxyl groups excluding tert-OH is 1. The van der Waals surface area contributed by atoms with Gasteiger partial charge in [-0.15, -0.1) is 0 Å². The van der Waals surface area contributed by atoms with E-state index in [9.17, 15) is 19.5 Å². The summed E-state index contributed by atoms with van der Waals surface area (Å²) in [5.74, 6) is 0.830. The Bertz CT molecular complexity index is 1070. The van der Waals surface area contributed by atoms with Gasteiger partial charge in [0.2, 0.25) is 11.8 Å². The van der Waals surface area contributed by atoms with Crippen LogP contribution in [0, 0.1) is 5.92 Å². The zero-order valence-corrected chi connectivity index (χ0v) is 25.7. The number of carbonyl (C=O) groups is 3. The number of hydrogen-bond donors (Lipinski definition) is 3. The third-order valence-corrected chi connectivity index (χ3v) is 9.43. The second-order valence-electron chi connectivity index (χ2n) is 12.1. The Balaban J connectivity index is 1.28. The molecule has 4 rings (SSSR count). The minimum atomic E-state index is -0.834. The van der Waals surface area contributed by atoms with E-state index in [1.54, 1.807) is 32.4 Å². The fourth-order valence-electron chi connectivity index (χ4n) is 6.79. The number of rotatable bonds is 13. The maximum absolute atomic E-state index is 13.8. The molecule has 0 radical (unpaired) electrons. The van der Waals surface area contributed by atoms with Crippen LogP contribution in [0.25, 0.3) is 0 Å². The van der Waals surface area contributed by atoms with E-state index in [0.717, 1.165) is 71.0 Å². The highest BCUT2D eigenvalue weighted by atomic mass is 16.5. The lowest BCUT2D eigenvalue weighted by Gasteiger charge is -2.52. The Morgan fingerprint density at radius 3 is 2.50 bits per heavy atom. The Labute approximate surface area is 250 Å². The van der Waals surface area contributed by atoms with E-state index >= 15 is 0 Å². The number of amides is 3. The van der Waals surface area contributed by atoms with E-state index in [4.69, 9.17) is 9.47 Å². The molecule has 3 fully saturated rings. The van der Waals surface area contributed by atoms with Gasteiger partial charge < -0.3 is 35.0 Å². The minimum Gasteiger partial charge on any atom is -0.493 e. The first-order valence-electron chi connectivity index (χ1n) is 15.9. The third kappa shape index (κ3) is 7.19. The van der Waals surface area contributed by atoms with Crippen molar-refractivity contribution in [2.24, 2.45) is 5.92 Å². The molecule has 0 unspecified atom stereocenters. The highest BCUT2D eigenvalue weighted by Gasteiger charge is 2.55. The summed E-state index contributed by atoms with van der Waals surface area (Å²) in [4.78, 5) is 43.5. The van der Waals surface area contributed by atoms with Crippen LogP contribution in [0.4, 0.5) is 0 Å². The molecule has 2 aliphatic heterocycles. The second-order valence-corrected chi connectivity index (χ2v) is 12.1. The van der Waals surface area contributed by atoms with Crippen LogP contribution in [0.5, 0.6) is 11.5 Å². The van der Waals surface area contributed by atoms with Crippen LogP contribution in [-0.2, 0) is 9.59 Å². The number of ether oxygens (including phenoxy) is 2. The molecule has 2 heterocycles. The van der Waals surface area contributed by atoms with Crippen molar-refractivity contribution in [2.75, 3.05) is 46.9 Å². The van der Waals surface area contributed by atoms with Crippen LogP contribution in [0.3, 0.4) is 0 Å². The average Bonchev–Trinajstić information content (AvgIpc) is 3.03. The maximum Gasteiger partial charge on any atom is 0.251 e. The SMILES string of the molecule is CCCCN1C(=O)[C@@H]([C@H](O)C2CCCCC2)NC(=O)C12CCN(CCCCOc1ccc(C(=O)NC)cc1OC)CC2. The van der Waals surface area contributed by atoms with Gasteiger partial charge in [0.25, 0.3) is 5.91 Å². The van der Waals surface area contributed by atoms with Crippen molar-refractivity contribution in [2.45, 2.75) is 95.2 Å². The Morgan fingerprint density at radius 2 is 1.83 bits per heavy atom. The van der Waals surface area contributed by atoms with Crippen molar-refractivity contribution in [3.63, 3.8) is 0 Å². The first-order valence-corrected chi connectivity index (χ1v) is 15.9. The van der Waals surface area contributed by atoms with Gasteiger partial charge in [-0.05, 0) is 75.6 Å². The van der Waals surface area contributed by atoms with Crippen molar-refractivity contribution in [1.82, 2.24) is 20.4 Å². The number of piperazine rings is 1. The largest absolute Gasteiger partial charge is 0.493 e. The second kappa shape index (κ2) is 15.0.